The molecule has 6 heteroatoms. The molecular formula is C16H17NO4S. The number of hydrogen-bond donors (Lipinski definition) is 1. The highest BCUT2D eigenvalue weighted by Crippen LogP contribution is 2.16. The van der Waals surface area contributed by atoms with Gasteiger partial charge in [0, 0.05) is 0 Å². The lowest BCUT2D eigenvalue weighted by Gasteiger charge is -2.19. The predicted octanol–water partition coefficient (Wildman–Crippen LogP) is 2.68. The monoisotopic (exact) mass is 319 g/mol. The van der Waals surface area contributed by atoms with Crippen LogP contribution >= 0.6 is 0 Å². The first kappa shape index (κ1) is 16.2. The van der Waals surface area contributed by atoms with E-state index in [2.05, 4.69) is 0 Å². The highest BCUT2D eigenvalue weighted by Gasteiger charge is 2.17. The van der Waals surface area contributed by atoms with Gasteiger partial charge in [-0.2, -0.15) is 0 Å². The Labute approximate surface area is 131 Å². The molecule has 1 unspecified atom stereocenters. The molecule has 0 fully saturated rings. The topological polar surface area (TPSA) is 66.8 Å². The molecule has 2 rings (SSSR count). The van der Waals surface area contributed by atoms with Gasteiger partial charge in [0.2, 0.25) is 0 Å². The Morgan fingerprint density at radius 3 is 2.36 bits per heavy atom. The van der Waals surface area contributed by atoms with Gasteiger partial charge in [-0.1, -0.05) is 48.0 Å². The molecule has 0 aliphatic carbocycles. The molecule has 0 aliphatic heterocycles. The van der Waals surface area contributed by atoms with E-state index in [1.807, 2.05) is 49.4 Å². The minimum atomic E-state index is -2.30. The number of benzene rings is 2. The van der Waals surface area contributed by atoms with E-state index in [1.165, 1.54) is 0 Å². The normalized spacial score (nSPS) is 11.7. The molecule has 5 nitrogen and oxygen atoms in total. The van der Waals surface area contributed by atoms with Gasteiger partial charge in [-0.15, -0.1) is 0 Å². The third-order valence-corrected chi connectivity index (χ3v) is 3.74. The maximum Gasteiger partial charge on any atom is 0.327 e. The number of nitrogens with zero attached hydrogens (tertiary/aromatic N) is 1. The second-order valence-corrected chi connectivity index (χ2v) is 5.65. The molecule has 0 amide bonds. The first-order valence-electron chi connectivity index (χ1n) is 6.71. The fourth-order valence-corrected chi connectivity index (χ4v) is 2.37. The quantitative estimate of drug-likeness (QED) is 0.656. The van der Waals surface area contributed by atoms with E-state index in [4.69, 9.17) is 4.74 Å². The summed E-state index contributed by atoms with van der Waals surface area (Å²) < 4.78 is 27.0. The largest absolute Gasteiger partial charge is 0.459 e. The Morgan fingerprint density at radius 2 is 1.77 bits per heavy atom. The summed E-state index contributed by atoms with van der Waals surface area (Å²) in [6.07, 6.45) is 0. The van der Waals surface area contributed by atoms with Gasteiger partial charge < -0.3 is 4.74 Å². The molecule has 22 heavy (non-hydrogen) atoms. The average molecular weight is 319 g/mol. The van der Waals surface area contributed by atoms with Crippen LogP contribution in [0, 0.1) is 6.92 Å². The summed E-state index contributed by atoms with van der Waals surface area (Å²) in [7, 11) is 0. The van der Waals surface area contributed by atoms with Gasteiger partial charge in [0.05, 0.1) is 5.69 Å². The number of hydrogen-bond acceptors (Lipinski definition) is 3. The van der Waals surface area contributed by atoms with Crippen LogP contribution < -0.4 is 4.31 Å². The zero-order valence-electron chi connectivity index (χ0n) is 12.1. The van der Waals surface area contributed by atoms with Crippen molar-refractivity contribution >= 4 is 22.9 Å². The molecular weight excluding hydrogens is 302 g/mol. The molecule has 1 atom stereocenters. The van der Waals surface area contributed by atoms with Crippen LogP contribution in [0.3, 0.4) is 0 Å². The van der Waals surface area contributed by atoms with Gasteiger partial charge >= 0.3 is 5.97 Å². The summed E-state index contributed by atoms with van der Waals surface area (Å²) in [5.41, 5.74) is 2.38. The minimum absolute atomic E-state index is 0.138. The SMILES string of the molecule is Cc1ccc(N(CC(=O)OCc2ccccc2)S(=O)O)cc1. The molecule has 2 aromatic rings. The smallest absolute Gasteiger partial charge is 0.327 e. The minimum Gasteiger partial charge on any atom is -0.459 e. The summed E-state index contributed by atoms with van der Waals surface area (Å²) in [6, 6.07) is 16.3. The third-order valence-electron chi connectivity index (χ3n) is 3.03. The second-order valence-electron chi connectivity index (χ2n) is 4.75. The number of rotatable bonds is 6. The number of esters is 1. The van der Waals surface area contributed by atoms with Gasteiger partial charge in [0.1, 0.15) is 13.2 Å². The standard InChI is InChI=1S/C16H17NO4S/c1-13-7-9-15(10-8-13)17(22(19)20)11-16(18)21-12-14-5-3-2-4-6-14/h2-10H,11-12H2,1H3,(H,19,20). The van der Waals surface area contributed by atoms with Crippen LogP contribution in [0.25, 0.3) is 0 Å². The van der Waals surface area contributed by atoms with E-state index in [-0.39, 0.29) is 13.2 Å². The molecule has 0 saturated heterocycles. The van der Waals surface area contributed by atoms with E-state index < -0.39 is 17.2 Å². The lowest BCUT2D eigenvalue weighted by Crippen LogP contribution is -2.32. The fraction of sp³-hybridized carbons (Fsp3) is 0.188. The number of ether oxygens (including phenoxy) is 1. The van der Waals surface area contributed by atoms with Gasteiger partial charge in [-0.25, -0.2) is 4.21 Å². The highest BCUT2D eigenvalue weighted by molar-refractivity contribution is 7.80. The summed E-state index contributed by atoms with van der Waals surface area (Å²) >= 11 is -2.30. The summed E-state index contributed by atoms with van der Waals surface area (Å²) in [5.74, 6) is -0.563. The zero-order chi connectivity index (χ0) is 15.9. The van der Waals surface area contributed by atoms with Crippen molar-refractivity contribution < 1.29 is 18.3 Å². The van der Waals surface area contributed by atoms with Gasteiger partial charge in [-0.05, 0) is 24.6 Å². The Bertz CT molecular complexity index is 643. The Kier molecular flexibility index (Phi) is 5.68. The molecule has 2 aromatic carbocycles. The van der Waals surface area contributed by atoms with Crippen molar-refractivity contribution in [3.8, 4) is 0 Å². The predicted molar refractivity (Wildman–Crippen MR) is 85.5 cm³/mol. The number of anilines is 1. The van der Waals surface area contributed by atoms with Crippen molar-refractivity contribution in [2.75, 3.05) is 10.8 Å². The van der Waals surface area contributed by atoms with Crippen molar-refractivity contribution in [3.05, 3.63) is 65.7 Å². The van der Waals surface area contributed by atoms with Crippen molar-refractivity contribution in [1.82, 2.24) is 0 Å². The van der Waals surface area contributed by atoms with Gasteiger partial charge in [0.25, 0.3) is 11.3 Å². The van der Waals surface area contributed by atoms with Crippen molar-refractivity contribution in [3.63, 3.8) is 0 Å². The van der Waals surface area contributed by atoms with Crippen LogP contribution in [-0.2, 0) is 27.4 Å². The van der Waals surface area contributed by atoms with Gasteiger partial charge in [0.15, 0.2) is 0 Å². The Morgan fingerprint density at radius 1 is 1.14 bits per heavy atom. The molecule has 0 saturated carbocycles. The van der Waals surface area contributed by atoms with Crippen LogP contribution in [0.5, 0.6) is 0 Å². The third kappa shape index (κ3) is 4.68. The maximum atomic E-state index is 11.9. The van der Waals surface area contributed by atoms with Crippen LogP contribution in [-0.4, -0.2) is 21.3 Å². The van der Waals surface area contributed by atoms with Crippen LogP contribution in [0.2, 0.25) is 0 Å². The number of carbonyl (C=O) groups is 1. The first-order chi connectivity index (χ1) is 10.6. The fourth-order valence-electron chi connectivity index (χ4n) is 1.85. The number of carbonyl (C=O) groups excluding carboxylic acids is 1. The van der Waals surface area contributed by atoms with Crippen LogP contribution in [0.4, 0.5) is 5.69 Å². The molecule has 0 radical (unpaired) electrons. The molecule has 0 aromatic heterocycles. The molecule has 1 N–H and O–H groups in total. The van der Waals surface area contributed by atoms with E-state index in [0.29, 0.717) is 5.69 Å². The summed E-state index contributed by atoms with van der Waals surface area (Å²) in [4.78, 5) is 11.9. The Hall–Kier alpha value is -2.18. The van der Waals surface area contributed by atoms with E-state index in [9.17, 15) is 13.6 Å². The lowest BCUT2D eigenvalue weighted by atomic mass is 10.2. The number of aryl methyl sites for hydroxylation is 1. The van der Waals surface area contributed by atoms with E-state index in [0.717, 1.165) is 15.4 Å². The summed E-state index contributed by atoms with van der Waals surface area (Å²) in [5, 5.41) is 0. The molecule has 0 aliphatic rings. The van der Waals surface area contributed by atoms with Crippen LogP contribution in [0.15, 0.2) is 54.6 Å². The maximum absolute atomic E-state index is 11.9. The van der Waals surface area contributed by atoms with Gasteiger partial charge in [-0.3, -0.25) is 13.7 Å². The first-order valence-corrected chi connectivity index (χ1v) is 7.77. The Balaban J connectivity index is 1.97. The molecule has 0 bridgehead atoms. The van der Waals surface area contributed by atoms with Crippen molar-refractivity contribution in [1.29, 1.82) is 0 Å². The molecule has 0 heterocycles. The van der Waals surface area contributed by atoms with E-state index in [1.54, 1.807) is 12.1 Å². The molecule has 116 valence electrons. The van der Waals surface area contributed by atoms with Crippen molar-refractivity contribution in [2.24, 2.45) is 0 Å². The van der Waals surface area contributed by atoms with Crippen LogP contribution in [0.1, 0.15) is 11.1 Å². The average Bonchev–Trinajstić information content (AvgIpc) is 2.52. The van der Waals surface area contributed by atoms with Crippen molar-refractivity contribution in [2.45, 2.75) is 13.5 Å². The zero-order valence-corrected chi connectivity index (χ0v) is 13.0. The molecule has 0 spiro atoms. The highest BCUT2D eigenvalue weighted by atomic mass is 32.2. The summed E-state index contributed by atoms with van der Waals surface area (Å²) in [6.45, 7) is 1.76. The second kappa shape index (κ2) is 7.72. The van der Waals surface area contributed by atoms with E-state index >= 15 is 0 Å². The lowest BCUT2D eigenvalue weighted by molar-refractivity contribution is -0.143.